The lowest BCUT2D eigenvalue weighted by Crippen LogP contribution is -2.39. The second-order valence-corrected chi connectivity index (χ2v) is 2.92. The molecule has 0 atom stereocenters. The van der Waals surface area contributed by atoms with Crippen molar-refractivity contribution in [3.05, 3.63) is 0 Å². The Morgan fingerprint density at radius 2 is 2.00 bits per heavy atom. The molecule has 0 aromatic rings. The molecule has 0 fully saturated rings. The Kier molecular flexibility index (Phi) is 2.77. The molecule has 0 amide bonds. The van der Waals surface area contributed by atoms with E-state index < -0.39 is 11.4 Å². The Morgan fingerprint density at radius 1 is 1.60 bits per heavy atom. The largest absolute Gasteiger partial charge is 0.481 e. The summed E-state index contributed by atoms with van der Waals surface area (Å²) in [5, 5.41) is 11.3. The van der Waals surface area contributed by atoms with Crippen molar-refractivity contribution in [1.82, 2.24) is 5.32 Å². The van der Waals surface area contributed by atoms with Crippen LogP contribution in [0.15, 0.2) is 0 Å². The van der Waals surface area contributed by atoms with Gasteiger partial charge in [0.1, 0.15) is 5.41 Å². The van der Waals surface area contributed by atoms with E-state index in [1.165, 1.54) is 0 Å². The van der Waals surface area contributed by atoms with Crippen LogP contribution in [0.4, 0.5) is 0 Å². The third-order valence-corrected chi connectivity index (χ3v) is 2.04. The third-order valence-electron chi connectivity index (χ3n) is 1.33. The minimum absolute atomic E-state index is 0.347. The lowest BCUT2D eigenvalue weighted by atomic mass is 9.94. The number of carboxylic acid groups (broad SMARTS) is 1. The number of carboxylic acids is 1. The normalized spacial score (nSPS) is 10.7. The molecule has 0 aliphatic heterocycles. The molecule has 10 heavy (non-hydrogen) atoms. The van der Waals surface area contributed by atoms with Gasteiger partial charge in [0.15, 0.2) is 0 Å². The molecule has 0 aromatic heterocycles. The fraction of sp³-hybridized carbons (Fsp3) is 0.667. The van der Waals surface area contributed by atoms with Crippen molar-refractivity contribution in [3.8, 4) is 0 Å². The molecule has 0 heterocycles. The van der Waals surface area contributed by atoms with E-state index in [0.29, 0.717) is 4.99 Å². The summed E-state index contributed by atoms with van der Waals surface area (Å²) in [5.41, 5.74) is -0.954. The maximum Gasteiger partial charge on any atom is 0.315 e. The van der Waals surface area contributed by atoms with Crippen LogP contribution in [-0.2, 0) is 4.79 Å². The fourth-order valence-corrected chi connectivity index (χ4v) is 0.497. The van der Waals surface area contributed by atoms with Crippen LogP contribution in [0, 0.1) is 5.41 Å². The topological polar surface area (TPSA) is 49.3 Å². The second-order valence-electron chi connectivity index (χ2n) is 2.51. The highest BCUT2D eigenvalue weighted by Gasteiger charge is 2.31. The molecular formula is C6H11NO2S. The molecule has 0 rings (SSSR count). The van der Waals surface area contributed by atoms with E-state index in [1.54, 1.807) is 20.9 Å². The van der Waals surface area contributed by atoms with Crippen molar-refractivity contribution in [2.45, 2.75) is 13.8 Å². The smallest absolute Gasteiger partial charge is 0.315 e. The van der Waals surface area contributed by atoms with Crippen LogP contribution >= 0.6 is 12.2 Å². The first kappa shape index (κ1) is 9.36. The summed E-state index contributed by atoms with van der Waals surface area (Å²) in [4.78, 5) is 10.8. The van der Waals surface area contributed by atoms with Crippen LogP contribution in [0.2, 0.25) is 0 Å². The maximum atomic E-state index is 10.5. The first-order valence-corrected chi connectivity index (χ1v) is 3.29. The Bertz CT molecular complexity index is 165. The Labute approximate surface area is 65.4 Å². The van der Waals surface area contributed by atoms with E-state index in [0.717, 1.165) is 0 Å². The Hall–Kier alpha value is -0.640. The van der Waals surface area contributed by atoms with Crippen LogP contribution in [0.25, 0.3) is 0 Å². The van der Waals surface area contributed by atoms with Crippen molar-refractivity contribution in [3.63, 3.8) is 0 Å². The maximum absolute atomic E-state index is 10.5. The van der Waals surface area contributed by atoms with Crippen molar-refractivity contribution >= 4 is 23.2 Å². The number of thiocarbonyl (C=S) groups is 1. The highest BCUT2D eigenvalue weighted by Crippen LogP contribution is 2.15. The zero-order valence-corrected chi connectivity index (χ0v) is 7.08. The summed E-state index contributed by atoms with van der Waals surface area (Å²) in [6.45, 7) is 3.13. The van der Waals surface area contributed by atoms with Gasteiger partial charge >= 0.3 is 5.97 Å². The van der Waals surface area contributed by atoms with E-state index in [2.05, 4.69) is 5.32 Å². The number of nitrogens with one attached hydrogen (secondary N) is 1. The van der Waals surface area contributed by atoms with E-state index in [4.69, 9.17) is 17.3 Å². The summed E-state index contributed by atoms with van der Waals surface area (Å²) < 4.78 is 0. The number of hydrogen-bond acceptors (Lipinski definition) is 2. The van der Waals surface area contributed by atoms with Gasteiger partial charge in [-0.05, 0) is 13.8 Å². The quantitative estimate of drug-likeness (QED) is 0.584. The summed E-state index contributed by atoms with van der Waals surface area (Å²) in [5.74, 6) is -0.910. The predicted molar refractivity (Wildman–Crippen MR) is 43.1 cm³/mol. The molecule has 58 valence electrons. The summed E-state index contributed by atoms with van der Waals surface area (Å²) in [6.07, 6.45) is 0. The molecule has 4 heteroatoms. The Morgan fingerprint density at radius 3 is 2.10 bits per heavy atom. The van der Waals surface area contributed by atoms with Gasteiger partial charge in [0.05, 0.1) is 4.99 Å². The molecule has 0 radical (unpaired) electrons. The average Bonchev–Trinajstić information content (AvgIpc) is 1.86. The van der Waals surface area contributed by atoms with Gasteiger partial charge in [0, 0.05) is 7.05 Å². The SMILES string of the molecule is CNC(=S)C(C)(C)C(=O)O. The highest BCUT2D eigenvalue weighted by atomic mass is 32.1. The first-order valence-electron chi connectivity index (χ1n) is 2.88. The molecule has 0 aromatic carbocycles. The molecule has 0 saturated heterocycles. The zero-order chi connectivity index (χ0) is 8.36. The molecule has 0 aliphatic carbocycles. The average molecular weight is 161 g/mol. The minimum atomic E-state index is -0.954. The standard InChI is InChI=1S/C6H11NO2S/c1-6(2,5(8)9)4(10)7-3/h1-3H3,(H,7,10)(H,8,9). The van der Waals surface area contributed by atoms with E-state index >= 15 is 0 Å². The van der Waals surface area contributed by atoms with Crippen molar-refractivity contribution < 1.29 is 9.90 Å². The van der Waals surface area contributed by atoms with E-state index in [1.807, 2.05) is 0 Å². The number of carbonyl (C=O) groups is 1. The van der Waals surface area contributed by atoms with Crippen molar-refractivity contribution in [2.75, 3.05) is 7.05 Å². The van der Waals surface area contributed by atoms with Crippen LogP contribution in [-0.4, -0.2) is 23.1 Å². The van der Waals surface area contributed by atoms with Gasteiger partial charge in [0.2, 0.25) is 0 Å². The van der Waals surface area contributed by atoms with Gasteiger partial charge in [-0.15, -0.1) is 0 Å². The molecule has 0 saturated carbocycles. The molecule has 3 nitrogen and oxygen atoms in total. The molecule has 0 aliphatic rings. The molecule has 2 N–H and O–H groups in total. The number of hydrogen-bond donors (Lipinski definition) is 2. The fourth-order valence-electron chi connectivity index (χ4n) is 0.410. The lowest BCUT2D eigenvalue weighted by Gasteiger charge is -2.19. The van der Waals surface area contributed by atoms with Crippen LogP contribution in [0.5, 0.6) is 0 Å². The van der Waals surface area contributed by atoms with Crippen LogP contribution < -0.4 is 5.32 Å². The van der Waals surface area contributed by atoms with Gasteiger partial charge in [-0.25, -0.2) is 0 Å². The van der Waals surface area contributed by atoms with E-state index in [-0.39, 0.29) is 0 Å². The van der Waals surface area contributed by atoms with Crippen LogP contribution in [0.1, 0.15) is 13.8 Å². The minimum Gasteiger partial charge on any atom is -0.481 e. The van der Waals surface area contributed by atoms with Gasteiger partial charge in [0.25, 0.3) is 0 Å². The van der Waals surface area contributed by atoms with Gasteiger partial charge in [-0.1, -0.05) is 12.2 Å². The molecule has 0 unspecified atom stereocenters. The molecular weight excluding hydrogens is 150 g/mol. The van der Waals surface area contributed by atoms with Gasteiger partial charge in [-0.2, -0.15) is 0 Å². The van der Waals surface area contributed by atoms with Crippen molar-refractivity contribution in [1.29, 1.82) is 0 Å². The van der Waals surface area contributed by atoms with Gasteiger partial charge < -0.3 is 10.4 Å². The Balaban J connectivity index is 4.40. The monoisotopic (exact) mass is 161 g/mol. The molecule has 0 bridgehead atoms. The molecule has 0 spiro atoms. The summed E-state index contributed by atoms with van der Waals surface area (Å²) in [6, 6.07) is 0. The van der Waals surface area contributed by atoms with Crippen molar-refractivity contribution in [2.24, 2.45) is 5.41 Å². The summed E-state index contributed by atoms with van der Waals surface area (Å²) >= 11 is 4.78. The first-order chi connectivity index (χ1) is 4.42. The second kappa shape index (κ2) is 2.96. The summed E-state index contributed by atoms with van der Waals surface area (Å²) in [7, 11) is 1.62. The lowest BCUT2D eigenvalue weighted by molar-refractivity contribution is -0.143. The van der Waals surface area contributed by atoms with Gasteiger partial charge in [-0.3, -0.25) is 4.79 Å². The number of rotatable bonds is 2. The van der Waals surface area contributed by atoms with Crippen LogP contribution in [0.3, 0.4) is 0 Å². The third kappa shape index (κ3) is 1.67. The predicted octanol–water partition coefficient (Wildman–Crippen LogP) is 0.644. The van der Waals surface area contributed by atoms with E-state index in [9.17, 15) is 4.79 Å². The zero-order valence-electron chi connectivity index (χ0n) is 6.26. The number of aliphatic carboxylic acids is 1. The highest BCUT2D eigenvalue weighted by molar-refractivity contribution is 7.80.